The molecule has 6 nitrogen and oxygen atoms in total. The Labute approximate surface area is 107 Å². The predicted octanol–water partition coefficient (Wildman–Crippen LogP) is 1.46. The number of aromatic nitrogens is 3. The highest BCUT2D eigenvalue weighted by molar-refractivity contribution is 8.01. The normalized spacial score (nSPS) is 11.4. The van der Waals surface area contributed by atoms with E-state index in [4.69, 9.17) is 0 Å². The largest absolute Gasteiger partial charge is 0.259 e. The number of nitrogens with zero attached hydrogens (tertiary/aromatic N) is 3. The number of nitrogens with one attached hydrogen (secondary N) is 1. The Hall–Kier alpha value is -1.19. The van der Waals surface area contributed by atoms with Crippen LogP contribution in [-0.2, 0) is 10.0 Å². The van der Waals surface area contributed by atoms with Gasteiger partial charge in [-0.2, -0.15) is 0 Å². The van der Waals surface area contributed by atoms with Crippen molar-refractivity contribution in [1.82, 2.24) is 15.0 Å². The minimum absolute atomic E-state index is 0.339. The molecule has 2 heterocycles. The SMILES string of the molecule is CS(=O)(=O)Nc1ncc(Sc2ncccn2)s1. The Balaban J connectivity index is 2.09. The third-order valence-electron chi connectivity index (χ3n) is 1.49. The number of thiazole rings is 1. The van der Waals surface area contributed by atoms with Crippen LogP contribution in [0, 0.1) is 0 Å². The highest BCUT2D eigenvalue weighted by Crippen LogP contribution is 2.31. The molecule has 0 aliphatic carbocycles. The maximum absolute atomic E-state index is 11.0. The van der Waals surface area contributed by atoms with Gasteiger partial charge in [0.05, 0.1) is 16.7 Å². The van der Waals surface area contributed by atoms with Gasteiger partial charge in [-0.3, -0.25) is 4.72 Å². The fourth-order valence-electron chi connectivity index (χ4n) is 0.940. The van der Waals surface area contributed by atoms with E-state index in [1.165, 1.54) is 23.1 Å². The van der Waals surface area contributed by atoms with E-state index in [9.17, 15) is 8.42 Å². The number of sulfonamides is 1. The second kappa shape index (κ2) is 4.98. The summed E-state index contributed by atoms with van der Waals surface area (Å²) in [6, 6.07) is 1.73. The minimum Gasteiger partial charge on any atom is -0.259 e. The first-order valence-electron chi connectivity index (χ1n) is 4.41. The molecule has 17 heavy (non-hydrogen) atoms. The molecule has 9 heteroatoms. The topological polar surface area (TPSA) is 84.8 Å². The molecule has 0 atom stereocenters. The molecule has 0 aromatic carbocycles. The number of hydrogen-bond acceptors (Lipinski definition) is 7. The Morgan fingerprint density at radius 2 is 2.00 bits per heavy atom. The van der Waals surface area contributed by atoms with Crippen molar-refractivity contribution in [3.8, 4) is 0 Å². The summed E-state index contributed by atoms with van der Waals surface area (Å²) in [6.07, 6.45) is 5.96. The molecule has 2 rings (SSSR count). The second-order valence-electron chi connectivity index (χ2n) is 2.99. The summed E-state index contributed by atoms with van der Waals surface area (Å²) in [4.78, 5) is 12.0. The molecule has 0 aliphatic heterocycles. The maximum Gasteiger partial charge on any atom is 0.231 e. The molecule has 0 saturated carbocycles. The molecule has 0 aliphatic rings. The highest BCUT2D eigenvalue weighted by Gasteiger charge is 2.08. The van der Waals surface area contributed by atoms with E-state index in [0.717, 1.165) is 10.5 Å². The van der Waals surface area contributed by atoms with Crippen LogP contribution >= 0.6 is 23.1 Å². The Morgan fingerprint density at radius 3 is 2.65 bits per heavy atom. The lowest BCUT2D eigenvalue weighted by atomic mass is 10.7. The van der Waals surface area contributed by atoms with Gasteiger partial charge in [0, 0.05) is 12.4 Å². The molecule has 2 aromatic heterocycles. The quantitative estimate of drug-likeness (QED) is 0.857. The third-order valence-corrected chi connectivity index (χ3v) is 4.09. The lowest BCUT2D eigenvalue weighted by Gasteiger charge is -1.96. The van der Waals surface area contributed by atoms with Gasteiger partial charge in [-0.25, -0.2) is 23.4 Å². The lowest BCUT2D eigenvalue weighted by Crippen LogP contribution is -2.08. The fraction of sp³-hybridized carbons (Fsp3) is 0.125. The first-order valence-corrected chi connectivity index (χ1v) is 7.94. The summed E-state index contributed by atoms with van der Waals surface area (Å²) in [5, 5.41) is 0.938. The summed E-state index contributed by atoms with van der Waals surface area (Å²) in [6.45, 7) is 0. The van der Waals surface area contributed by atoms with Gasteiger partial charge in [-0.15, -0.1) is 0 Å². The van der Waals surface area contributed by atoms with Gasteiger partial charge in [-0.05, 0) is 17.8 Å². The van der Waals surface area contributed by atoms with Gasteiger partial charge in [0.1, 0.15) is 0 Å². The Kier molecular flexibility index (Phi) is 3.60. The molecular weight excluding hydrogens is 280 g/mol. The summed E-state index contributed by atoms with van der Waals surface area (Å²) in [5.41, 5.74) is 0. The van der Waals surface area contributed by atoms with E-state index in [-0.39, 0.29) is 0 Å². The van der Waals surface area contributed by atoms with E-state index in [1.807, 2.05) is 0 Å². The van der Waals surface area contributed by atoms with Crippen LogP contribution < -0.4 is 4.72 Å². The lowest BCUT2D eigenvalue weighted by molar-refractivity contribution is 0.607. The van der Waals surface area contributed by atoms with Gasteiger partial charge in [0.25, 0.3) is 0 Å². The van der Waals surface area contributed by atoms with Gasteiger partial charge in [-0.1, -0.05) is 11.3 Å². The zero-order valence-corrected chi connectivity index (χ0v) is 11.1. The molecule has 0 spiro atoms. The van der Waals surface area contributed by atoms with Gasteiger partial charge < -0.3 is 0 Å². The van der Waals surface area contributed by atoms with E-state index in [0.29, 0.717) is 10.3 Å². The van der Waals surface area contributed by atoms with Crippen molar-refractivity contribution in [2.24, 2.45) is 0 Å². The number of hydrogen-bond donors (Lipinski definition) is 1. The van der Waals surface area contributed by atoms with Crippen molar-refractivity contribution in [1.29, 1.82) is 0 Å². The molecule has 0 amide bonds. The van der Waals surface area contributed by atoms with Crippen LogP contribution in [0.1, 0.15) is 0 Å². The molecule has 0 unspecified atom stereocenters. The Bertz CT molecular complexity index is 596. The average Bonchev–Trinajstić information content (AvgIpc) is 2.64. The van der Waals surface area contributed by atoms with Gasteiger partial charge in [0.2, 0.25) is 10.0 Å². The fourth-order valence-corrected chi connectivity index (χ4v) is 3.47. The molecule has 2 aromatic rings. The molecule has 0 bridgehead atoms. The third kappa shape index (κ3) is 3.95. The monoisotopic (exact) mass is 288 g/mol. The van der Waals surface area contributed by atoms with Crippen LogP contribution in [-0.4, -0.2) is 29.6 Å². The molecule has 1 N–H and O–H groups in total. The first-order chi connectivity index (χ1) is 8.03. The number of anilines is 1. The average molecular weight is 288 g/mol. The Morgan fingerprint density at radius 1 is 1.29 bits per heavy atom. The smallest absolute Gasteiger partial charge is 0.231 e. The van der Waals surface area contributed by atoms with Crippen LogP contribution in [0.2, 0.25) is 0 Å². The zero-order valence-electron chi connectivity index (χ0n) is 8.69. The van der Waals surface area contributed by atoms with Crippen molar-refractivity contribution >= 4 is 38.3 Å². The van der Waals surface area contributed by atoms with Crippen LogP contribution in [0.3, 0.4) is 0 Å². The standard InChI is InChI=1S/C8H8N4O2S3/c1-17(13,14)12-8-11-5-6(16-8)15-7-9-3-2-4-10-7/h2-5H,1H3,(H,11,12). The molecular formula is C8H8N4O2S3. The van der Waals surface area contributed by atoms with Crippen molar-refractivity contribution in [2.75, 3.05) is 11.0 Å². The second-order valence-corrected chi connectivity index (χ2v) is 7.04. The van der Waals surface area contributed by atoms with E-state index >= 15 is 0 Å². The molecule has 0 fully saturated rings. The summed E-state index contributed by atoms with van der Waals surface area (Å²) in [5.74, 6) is 0. The van der Waals surface area contributed by atoms with Gasteiger partial charge >= 0.3 is 0 Å². The minimum atomic E-state index is -3.28. The predicted molar refractivity (Wildman–Crippen MR) is 66.7 cm³/mol. The van der Waals surface area contributed by atoms with E-state index in [2.05, 4.69) is 19.7 Å². The summed E-state index contributed by atoms with van der Waals surface area (Å²) >= 11 is 2.57. The van der Waals surface area contributed by atoms with Gasteiger partial charge in [0.15, 0.2) is 10.3 Å². The van der Waals surface area contributed by atoms with Crippen LogP contribution in [0.5, 0.6) is 0 Å². The molecule has 0 saturated heterocycles. The van der Waals surface area contributed by atoms with Crippen LogP contribution in [0.25, 0.3) is 0 Å². The van der Waals surface area contributed by atoms with Crippen LogP contribution in [0.4, 0.5) is 5.13 Å². The van der Waals surface area contributed by atoms with Crippen molar-refractivity contribution in [3.63, 3.8) is 0 Å². The molecule has 90 valence electrons. The highest BCUT2D eigenvalue weighted by atomic mass is 32.2. The zero-order chi connectivity index (χ0) is 12.3. The maximum atomic E-state index is 11.0. The van der Waals surface area contributed by atoms with Crippen molar-refractivity contribution < 1.29 is 8.42 Å². The summed E-state index contributed by atoms with van der Waals surface area (Å²) < 4.78 is 25.1. The van der Waals surface area contributed by atoms with E-state index in [1.54, 1.807) is 24.7 Å². The van der Waals surface area contributed by atoms with Crippen molar-refractivity contribution in [2.45, 2.75) is 9.37 Å². The van der Waals surface area contributed by atoms with E-state index < -0.39 is 10.0 Å². The first kappa shape index (κ1) is 12.3. The van der Waals surface area contributed by atoms with Crippen LogP contribution in [0.15, 0.2) is 34.0 Å². The number of rotatable bonds is 4. The summed E-state index contributed by atoms with van der Waals surface area (Å²) in [7, 11) is -3.28. The molecule has 0 radical (unpaired) electrons. The van der Waals surface area contributed by atoms with Crippen molar-refractivity contribution in [3.05, 3.63) is 24.7 Å².